The van der Waals surface area contributed by atoms with E-state index < -0.39 is 71.5 Å². The lowest BCUT2D eigenvalue weighted by Crippen LogP contribution is -2.60. The Bertz CT molecular complexity index is 1690. The van der Waals surface area contributed by atoms with E-state index in [1.807, 2.05) is 89.3 Å². The molecule has 2 aromatic rings. The summed E-state index contributed by atoms with van der Waals surface area (Å²) in [5.41, 5.74) is -0.496. The van der Waals surface area contributed by atoms with Gasteiger partial charge in [0, 0.05) is 29.6 Å². The van der Waals surface area contributed by atoms with E-state index in [0.717, 1.165) is 16.5 Å². The maximum Gasteiger partial charge on any atom is 0.408 e. The molecule has 3 fully saturated rings. The number of hydrogen-bond acceptors (Lipinski definition) is 12. The van der Waals surface area contributed by atoms with Crippen LogP contribution in [0, 0.1) is 17.8 Å². The lowest BCUT2D eigenvalue weighted by molar-refractivity contribution is -0.296. The minimum atomic E-state index is -1.18. The molecule has 3 aliphatic rings. The molecule has 0 bridgehead atoms. The fourth-order valence-corrected chi connectivity index (χ4v) is 8.68. The molecule has 5 rings (SSSR count). The number of esters is 1. The monoisotopic (exact) mass is 766 g/mol. The van der Waals surface area contributed by atoms with Gasteiger partial charge in [-0.15, -0.1) is 0 Å². The molecule has 0 saturated carbocycles. The predicted molar refractivity (Wildman–Crippen MR) is 209 cm³/mol. The lowest BCUT2D eigenvalue weighted by Gasteiger charge is -2.47. The summed E-state index contributed by atoms with van der Waals surface area (Å²) in [6, 6.07) is 8.92. The number of ether oxygens (including phenoxy) is 5. The van der Waals surface area contributed by atoms with Gasteiger partial charge in [0.25, 0.3) is 0 Å². The number of likely N-dealkylation sites (N-methyl/N-ethyl adjacent to an activating group) is 1. The molecule has 0 radical (unpaired) electrons. The average Bonchev–Trinajstić information content (AvgIpc) is 3.47. The van der Waals surface area contributed by atoms with Gasteiger partial charge in [0.05, 0.1) is 36.0 Å². The third kappa shape index (κ3) is 9.57. The second-order valence-corrected chi connectivity index (χ2v) is 16.6. The number of aliphatic hydroxyl groups excluding tert-OH is 1. The van der Waals surface area contributed by atoms with Gasteiger partial charge in [-0.25, -0.2) is 4.79 Å². The minimum Gasteiger partial charge on any atom is -0.458 e. The third-order valence-electron chi connectivity index (χ3n) is 11.8. The first-order chi connectivity index (χ1) is 26.0. The van der Waals surface area contributed by atoms with E-state index >= 15 is 0 Å². The Labute approximate surface area is 325 Å². The van der Waals surface area contributed by atoms with E-state index in [0.29, 0.717) is 25.8 Å². The highest BCUT2D eigenvalue weighted by molar-refractivity contribution is 6.00. The summed E-state index contributed by atoms with van der Waals surface area (Å²) >= 11 is 0. The summed E-state index contributed by atoms with van der Waals surface area (Å²) in [6.45, 7) is 15.5. The molecule has 3 aliphatic heterocycles. The Morgan fingerprint density at radius 3 is 2.53 bits per heavy atom. The van der Waals surface area contributed by atoms with Crippen LogP contribution in [0.5, 0.6) is 0 Å². The van der Waals surface area contributed by atoms with Crippen molar-refractivity contribution in [2.45, 2.75) is 135 Å². The number of carbonyl (C=O) groups is 3. The lowest BCUT2D eigenvalue weighted by atomic mass is 9.78. The molecule has 5 unspecified atom stereocenters. The van der Waals surface area contributed by atoms with Gasteiger partial charge in [-0.2, -0.15) is 0 Å². The van der Waals surface area contributed by atoms with Gasteiger partial charge in [0.2, 0.25) is 0 Å². The molecule has 0 spiro atoms. The summed E-state index contributed by atoms with van der Waals surface area (Å²) < 4.78 is 31.7. The van der Waals surface area contributed by atoms with Crippen LogP contribution in [0.2, 0.25) is 0 Å². The Hall–Kier alpha value is -3.46. The number of Topliss-reactive ketones (excluding diaryl/α,β-unsaturated/α-hetero) is 1. The zero-order valence-electron chi connectivity index (χ0n) is 34.1. The Kier molecular flexibility index (Phi) is 13.8. The summed E-state index contributed by atoms with van der Waals surface area (Å²) in [5, 5.41) is 19.1. The van der Waals surface area contributed by atoms with Crippen LogP contribution in [-0.4, -0.2) is 120 Å². The first-order valence-electron chi connectivity index (χ1n) is 19.7. The Balaban J connectivity index is 1.51. The van der Waals surface area contributed by atoms with Crippen molar-refractivity contribution in [1.82, 2.24) is 20.5 Å². The Morgan fingerprint density at radius 1 is 1.09 bits per heavy atom. The molecule has 1 amide bonds. The zero-order valence-corrected chi connectivity index (χ0v) is 34.1. The quantitative estimate of drug-likeness (QED) is 0.248. The highest BCUT2D eigenvalue weighted by Crippen LogP contribution is 2.38. The van der Waals surface area contributed by atoms with Crippen LogP contribution in [-0.2, 0) is 33.3 Å². The number of fused-ring (bicyclic) bond motifs is 2. The molecule has 0 aliphatic carbocycles. The number of amides is 1. The largest absolute Gasteiger partial charge is 0.458 e. The molecule has 13 nitrogen and oxygen atoms in total. The van der Waals surface area contributed by atoms with Crippen LogP contribution in [0.1, 0.15) is 80.2 Å². The first kappa shape index (κ1) is 42.7. The van der Waals surface area contributed by atoms with Gasteiger partial charge < -0.3 is 44.3 Å². The number of rotatable bonds is 8. The molecule has 3 saturated heterocycles. The summed E-state index contributed by atoms with van der Waals surface area (Å²) in [6.07, 6.45) is 2.37. The molecule has 13 heteroatoms. The number of carbonyl (C=O) groups excluding carboxylic acids is 3. The fraction of sp³-hybridized carbons (Fsp3) is 0.667. The zero-order chi connectivity index (χ0) is 40.2. The molecular weight excluding hydrogens is 704 g/mol. The highest BCUT2D eigenvalue weighted by atomic mass is 16.7. The van der Waals surface area contributed by atoms with Crippen molar-refractivity contribution in [1.29, 1.82) is 0 Å². The second-order valence-electron chi connectivity index (χ2n) is 16.6. The van der Waals surface area contributed by atoms with Crippen molar-refractivity contribution in [3.05, 3.63) is 48.2 Å². The van der Waals surface area contributed by atoms with Gasteiger partial charge >= 0.3 is 12.1 Å². The summed E-state index contributed by atoms with van der Waals surface area (Å²) in [7, 11) is 3.81. The minimum absolute atomic E-state index is 0.0353. The van der Waals surface area contributed by atoms with Crippen LogP contribution < -0.4 is 10.6 Å². The third-order valence-corrected chi connectivity index (χ3v) is 11.8. The number of aromatic nitrogens is 1. The number of aliphatic hydroxyl groups is 1. The number of nitrogens with zero attached hydrogens (tertiary/aromatic N) is 2. The Morgan fingerprint density at radius 2 is 1.82 bits per heavy atom. The van der Waals surface area contributed by atoms with E-state index in [9.17, 15) is 19.5 Å². The SMILES string of the molecule is CC[C@H]1OC(=O)C(C)C(=O)[C@@H](C)C(O[C@@H]2OC(C)CC(N(C)C)C2O)[C@](C)(OC/C=C/c2cnc3ccccc3c2)C[C@@H](C)CN[C@H](C)[C@H]2NC(=O)O[C@@]21C. The second kappa shape index (κ2) is 17.8. The molecule has 13 atom stereocenters. The van der Waals surface area contributed by atoms with Gasteiger partial charge in [0.15, 0.2) is 17.7 Å². The van der Waals surface area contributed by atoms with Gasteiger partial charge in [-0.3, -0.25) is 14.6 Å². The molecule has 1 aromatic carbocycles. The number of alkyl carbamates (subject to hydrolysis) is 1. The van der Waals surface area contributed by atoms with Crippen molar-refractivity contribution in [2.75, 3.05) is 27.2 Å². The maximum atomic E-state index is 14.5. The average molecular weight is 767 g/mol. The number of cyclic esters (lactones) is 1. The van der Waals surface area contributed by atoms with Gasteiger partial charge in [0.1, 0.15) is 18.1 Å². The number of benzene rings is 1. The highest BCUT2D eigenvalue weighted by Gasteiger charge is 2.55. The molecule has 4 heterocycles. The van der Waals surface area contributed by atoms with Crippen molar-refractivity contribution >= 4 is 34.8 Å². The van der Waals surface area contributed by atoms with E-state index in [1.165, 1.54) is 6.92 Å². The number of hydrogen-bond donors (Lipinski definition) is 3. The van der Waals surface area contributed by atoms with Crippen molar-refractivity contribution in [3.8, 4) is 0 Å². The maximum absolute atomic E-state index is 14.5. The standard InChI is InChI=1S/C42H62N4O9/c1-11-33-42(8)36(45-40(50)55-42)28(6)43-22-24(2)21-41(7,51-18-14-15-29-20-30-16-12-13-17-31(30)44-23-29)37(26(4)34(47)27(5)38(49)53-33)54-39-35(48)32(46(9)10)19-25(3)52-39/h12-17,20,23-28,32-33,35-37,39,43,48H,11,18-19,21-22H2,1-10H3,(H,45,50)/b15-14+/t24-,25?,26-,27?,28-,32?,33-,35?,36-,37?,39+,41-,42-/m1/s1. The normalized spacial score (nSPS) is 38.3. The van der Waals surface area contributed by atoms with Crippen molar-refractivity contribution in [3.63, 3.8) is 0 Å². The molecule has 304 valence electrons. The molecule has 1 aromatic heterocycles. The summed E-state index contributed by atoms with van der Waals surface area (Å²) in [4.78, 5) is 47.5. The summed E-state index contributed by atoms with van der Waals surface area (Å²) in [5.74, 6) is -3.25. The van der Waals surface area contributed by atoms with Gasteiger partial charge in [-0.1, -0.05) is 51.1 Å². The number of para-hydroxylation sites is 1. The smallest absolute Gasteiger partial charge is 0.408 e. The van der Waals surface area contributed by atoms with Crippen LogP contribution in [0.4, 0.5) is 4.79 Å². The van der Waals surface area contributed by atoms with Gasteiger partial charge in [-0.05, 0) is 98.1 Å². The predicted octanol–water partition coefficient (Wildman–Crippen LogP) is 4.88. The van der Waals surface area contributed by atoms with E-state index in [2.05, 4.69) is 28.6 Å². The number of pyridine rings is 1. The van der Waals surface area contributed by atoms with E-state index in [1.54, 1.807) is 13.8 Å². The van der Waals surface area contributed by atoms with E-state index in [-0.39, 0.29) is 30.7 Å². The van der Waals surface area contributed by atoms with Crippen LogP contribution >= 0.6 is 0 Å². The molecule has 3 N–H and O–H groups in total. The van der Waals surface area contributed by atoms with Crippen LogP contribution in [0.25, 0.3) is 17.0 Å². The topological polar surface area (TPSA) is 158 Å². The van der Waals surface area contributed by atoms with E-state index in [4.69, 9.17) is 23.7 Å². The van der Waals surface area contributed by atoms with Crippen LogP contribution in [0.3, 0.4) is 0 Å². The molecular formula is C42H62N4O9. The van der Waals surface area contributed by atoms with Crippen molar-refractivity contribution in [2.24, 2.45) is 17.8 Å². The fourth-order valence-electron chi connectivity index (χ4n) is 8.68. The molecule has 55 heavy (non-hydrogen) atoms. The number of ketones is 1. The first-order valence-corrected chi connectivity index (χ1v) is 19.7. The van der Waals surface area contributed by atoms with Crippen molar-refractivity contribution < 1.29 is 43.2 Å². The van der Waals surface area contributed by atoms with Crippen LogP contribution in [0.15, 0.2) is 42.6 Å². The number of nitrogens with one attached hydrogen (secondary N) is 2.